The standard InChI is InChI=1S/C18H31NO4/c1-6-9-14(12-19)11-16(18(21)23-8-3)15(10-13(4)5)17(20)22-7-2/h13-16H,6-11H2,1-5H3. The predicted octanol–water partition coefficient (Wildman–Crippen LogP) is 3.72. The molecule has 3 atom stereocenters. The third-order valence-electron chi connectivity index (χ3n) is 3.75. The van der Waals surface area contributed by atoms with Crippen molar-refractivity contribution < 1.29 is 19.1 Å². The topological polar surface area (TPSA) is 76.4 Å². The average molecular weight is 325 g/mol. The number of hydrogen-bond donors (Lipinski definition) is 0. The highest BCUT2D eigenvalue weighted by atomic mass is 16.5. The van der Waals surface area contributed by atoms with Gasteiger partial charge < -0.3 is 9.47 Å². The zero-order chi connectivity index (χ0) is 17.8. The van der Waals surface area contributed by atoms with Crippen LogP contribution in [0.2, 0.25) is 0 Å². The van der Waals surface area contributed by atoms with Crippen molar-refractivity contribution in [3.8, 4) is 6.07 Å². The molecule has 0 rings (SSSR count). The molecule has 0 aliphatic carbocycles. The predicted molar refractivity (Wildman–Crippen MR) is 88.3 cm³/mol. The quantitative estimate of drug-likeness (QED) is 0.541. The molecule has 0 aromatic carbocycles. The van der Waals surface area contributed by atoms with E-state index in [2.05, 4.69) is 6.07 Å². The number of hydrogen-bond acceptors (Lipinski definition) is 5. The first kappa shape index (κ1) is 21.4. The zero-order valence-corrected chi connectivity index (χ0v) is 15.1. The van der Waals surface area contributed by atoms with Crippen molar-refractivity contribution in [1.29, 1.82) is 5.26 Å². The van der Waals surface area contributed by atoms with Gasteiger partial charge in [-0.25, -0.2) is 0 Å². The van der Waals surface area contributed by atoms with Crippen molar-refractivity contribution in [3.05, 3.63) is 0 Å². The van der Waals surface area contributed by atoms with E-state index in [-0.39, 0.29) is 31.0 Å². The summed E-state index contributed by atoms with van der Waals surface area (Å²) in [5.74, 6) is -1.95. The summed E-state index contributed by atoms with van der Waals surface area (Å²) in [5.41, 5.74) is 0. The van der Waals surface area contributed by atoms with Crippen LogP contribution in [0.15, 0.2) is 0 Å². The molecule has 0 saturated heterocycles. The SMILES string of the molecule is CCCC(C#N)CC(C(=O)OCC)C(CC(C)C)C(=O)OCC. The molecule has 0 N–H and O–H groups in total. The largest absolute Gasteiger partial charge is 0.466 e. The molecular formula is C18H31NO4. The fourth-order valence-electron chi connectivity index (χ4n) is 2.75. The van der Waals surface area contributed by atoms with Crippen molar-refractivity contribution in [2.24, 2.45) is 23.7 Å². The normalized spacial score (nSPS) is 14.7. The van der Waals surface area contributed by atoms with Crippen LogP contribution in [0.4, 0.5) is 0 Å². The monoisotopic (exact) mass is 325 g/mol. The van der Waals surface area contributed by atoms with Gasteiger partial charge in [0, 0.05) is 5.92 Å². The Hall–Kier alpha value is -1.57. The lowest BCUT2D eigenvalue weighted by molar-refractivity contribution is -0.161. The van der Waals surface area contributed by atoms with Gasteiger partial charge in [0.15, 0.2) is 0 Å². The van der Waals surface area contributed by atoms with Crippen LogP contribution >= 0.6 is 0 Å². The van der Waals surface area contributed by atoms with E-state index in [0.29, 0.717) is 19.3 Å². The summed E-state index contributed by atoms with van der Waals surface area (Å²) in [7, 11) is 0. The Morgan fingerprint density at radius 3 is 1.78 bits per heavy atom. The lowest BCUT2D eigenvalue weighted by Crippen LogP contribution is -2.35. The molecule has 0 bridgehead atoms. The summed E-state index contributed by atoms with van der Waals surface area (Å²) in [6, 6.07) is 2.25. The second-order valence-corrected chi connectivity index (χ2v) is 6.20. The fourth-order valence-corrected chi connectivity index (χ4v) is 2.75. The number of nitrogens with zero attached hydrogens (tertiary/aromatic N) is 1. The van der Waals surface area contributed by atoms with Crippen LogP contribution in [0.5, 0.6) is 0 Å². The lowest BCUT2D eigenvalue weighted by Gasteiger charge is -2.26. The minimum atomic E-state index is -0.618. The van der Waals surface area contributed by atoms with Crippen LogP contribution in [0, 0.1) is 35.0 Å². The van der Waals surface area contributed by atoms with Crippen molar-refractivity contribution in [1.82, 2.24) is 0 Å². The number of carbonyl (C=O) groups excluding carboxylic acids is 2. The molecular weight excluding hydrogens is 294 g/mol. The van der Waals surface area contributed by atoms with Crippen LogP contribution in [-0.2, 0) is 19.1 Å². The van der Waals surface area contributed by atoms with E-state index in [4.69, 9.17) is 9.47 Å². The maximum Gasteiger partial charge on any atom is 0.309 e. The molecule has 0 heterocycles. The van der Waals surface area contributed by atoms with E-state index in [1.54, 1.807) is 13.8 Å². The van der Waals surface area contributed by atoms with Gasteiger partial charge in [-0.3, -0.25) is 9.59 Å². The number of nitriles is 1. The minimum absolute atomic E-state index is 0.244. The Balaban J connectivity index is 5.40. The van der Waals surface area contributed by atoms with E-state index in [0.717, 1.165) is 6.42 Å². The Labute approximate surface area is 140 Å². The van der Waals surface area contributed by atoms with Gasteiger partial charge in [0.2, 0.25) is 0 Å². The molecule has 0 amide bonds. The number of carbonyl (C=O) groups is 2. The van der Waals surface area contributed by atoms with E-state index < -0.39 is 17.8 Å². The van der Waals surface area contributed by atoms with E-state index in [1.807, 2.05) is 20.8 Å². The summed E-state index contributed by atoms with van der Waals surface area (Å²) in [4.78, 5) is 24.7. The Morgan fingerprint density at radius 2 is 1.43 bits per heavy atom. The van der Waals surface area contributed by atoms with Crippen LogP contribution in [0.1, 0.15) is 60.3 Å². The third kappa shape index (κ3) is 8.01. The molecule has 0 fully saturated rings. The van der Waals surface area contributed by atoms with Crippen LogP contribution in [0.3, 0.4) is 0 Å². The van der Waals surface area contributed by atoms with Crippen LogP contribution in [0.25, 0.3) is 0 Å². The molecule has 0 aliphatic heterocycles. The second-order valence-electron chi connectivity index (χ2n) is 6.20. The minimum Gasteiger partial charge on any atom is -0.466 e. The van der Waals surface area contributed by atoms with E-state index in [9.17, 15) is 14.9 Å². The Bertz CT molecular complexity index is 400. The first-order valence-corrected chi connectivity index (χ1v) is 8.63. The first-order valence-electron chi connectivity index (χ1n) is 8.63. The summed E-state index contributed by atoms with van der Waals surface area (Å²) in [5, 5.41) is 9.31. The van der Waals surface area contributed by atoms with Gasteiger partial charge in [0.05, 0.1) is 31.1 Å². The number of esters is 2. The van der Waals surface area contributed by atoms with Crippen molar-refractivity contribution >= 4 is 11.9 Å². The summed E-state index contributed by atoms with van der Waals surface area (Å²) in [6.45, 7) is 10.0. The smallest absolute Gasteiger partial charge is 0.309 e. The van der Waals surface area contributed by atoms with Crippen molar-refractivity contribution in [3.63, 3.8) is 0 Å². The maximum absolute atomic E-state index is 12.4. The van der Waals surface area contributed by atoms with Gasteiger partial charge in [-0.05, 0) is 39.0 Å². The molecule has 0 radical (unpaired) electrons. The van der Waals surface area contributed by atoms with Crippen LogP contribution < -0.4 is 0 Å². The molecule has 3 unspecified atom stereocenters. The first-order chi connectivity index (χ1) is 10.9. The van der Waals surface area contributed by atoms with Gasteiger partial charge in [0.1, 0.15) is 0 Å². The highest BCUT2D eigenvalue weighted by Gasteiger charge is 2.37. The molecule has 132 valence electrons. The second kappa shape index (κ2) is 11.9. The average Bonchev–Trinajstić information content (AvgIpc) is 2.49. The van der Waals surface area contributed by atoms with Crippen LogP contribution in [-0.4, -0.2) is 25.2 Å². The summed E-state index contributed by atoms with van der Waals surface area (Å²) in [6.07, 6.45) is 2.47. The molecule has 5 nitrogen and oxygen atoms in total. The van der Waals surface area contributed by atoms with Crippen molar-refractivity contribution in [2.45, 2.75) is 60.3 Å². The number of ether oxygens (including phenoxy) is 2. The summed E-state index contributed by atoms with van der Waals surface area (Å²) < 4.78 is 10.3. The van der Waals surface area contributed by atoms with Gasteiger partial charge in [0.25, 0.3) is 0 Å². The molecule has 0 saturated carbocycles. The van der Waals surface area contributed by atoms with Gasteiger partial charge >= 0.3 is 11.9 Å². The molecule has 23 heavy (non-hydrogen) atoms. The molecule has 0 aromatic heterocycles. The van der Waals surface area contributed by atoms with Crippen molar-refractivity contribution in [2.75, 3.05) is 13.2 Å². The van der Waals surface area contributed by atoms with E-state index in [1.165, 1.54) is 0 Å². The molecule has 0 aliphatic rings. The fraction of sp³-hybridized carbons (Fsp3) is 0.833. The number of rotatable bonds is 11. The van der Waals surface area contributed by atoms with Gasteiger partial charge in [-0.15, -0.1) is 0 Å². The highest BCUT2D eigenvalue weighted by Crippen LogP contribution is 2.30. The third-order valence-corrected chi connectivity index (χ3v) is 3.75. The molecule has 0 aromatic rings. The maximum atomic E-state index is 12.4. The van der Waals surface area contributed by atoms with Gasteiger partial charge in [-0.2, -0.15) is 5.26 Å². The Kier molecular flexibility index (Phi) is 11.1. The lowest BCUT2D eigenvalue weighted by atomic mass is 9.79. The van der Waals surface area contributed by atoms with Gasteiger partial charge in [-0.1, -0.05) is 27.2 Å². The Morgan fingerprint density at radius 1 is 0.957 bits per heavy atom. The molecule has 5 heteroatoms. The zero-order valence-electron chi connectivity index (χ0n) is 15.1. The summed E-state index contributed by atoms with van der Waals surface area (Å²) >= 11 is 0. The highest BCUT2D eigenvalue weighted by molar-refractivity contribution is 5.82. The van der Waals surface area contributed by atoms with E-state index >= 15 is 0 Å². The molecule has 0 spiro atoms.